The van der Waals surface area contributed by atoms with Crippen molar-refractivity contribution in [3.05, 3.63) is 35.4 Å². The Labute approximate surface area is 92.4 Å². The van der Waals surface area contributed by atoms with E-state index in [2.05, 4.69) is 26.0 Å². The first-order chi connectivity index (χ1) is 7.05. The predicted molar refractivity (Wildman–Crippen MR) is 63.7 cm³/mol. The largest absolute Gasteiger partial charge is 0.375 e. The van der Waals surface area contributed by atoms with E-state index in [4.69, 9.17) is 10.5 Å². The van der Waals surface area contributed by atoms with Crippen LogP contribution in [0, 0.1) is 6.92 Å². The Morgan fingerprint density at radius 2 is 2.00 bits per heavy atom. The minimum atomic E-state index is -0.206. The first-order valence-corrected chi connectivity index (χ1v) is 5.46. The van der Waals surface area contributed by atoms with Gasteiger partial charge >= 0.3 is 0 Å². The first kappa shape index (κ1) is 12.2. The van der Waals surface area contributed by atoms with Gasteiger partial charge in [0.15, 0.2) is 0 Å². The zero-order valence-corrected chi connectivity index (χ0v) is 9.92. The quantitative estimate of drug-likeness (QED) is 0.805. The van der Waals surface area contributed by atoms with Gasteiger partial charge in [0.25, 0.3) is 0 Å². The molecule has 15 heavy (non-hydrogen) atoms. The third kappa shape index (κ3) is 4.02. The Morgan fingerprint density at radius 3 is 2.60 bits per heavy atom. The molecule has 0 aromatic heterocycles. The maximum Gasteiger partial charge on any atom is 0.0720 e. The second kappa shape index (κ2) is 5.29. The van der Waals surface area contributed by atoms with Crippen molar-refractivity contribution in [3.63, 3.8) is 0 Å². The van der Waals surface area contributed by atoms with Crippen molar-refractivity contribution >= 4 is 0 Å². The van der Waals surface area contributed by atoms with Crippen LogP contribution in [0.25, 0.3) is 0 Å². The Hall–Kier alpha value is -0.860. The molecule has 1 aromatic rings. The molecule has 2 nitrogen and oxygen atoms in total. The second-order valence-electron chi connectivity index (χ2n) is 4.43. The fourth-order valence-electron chi connectivity index (χ4n) is 1.27. The Morgan fingerprint density at radius 1 is 1.33 bits per heavy atom. The van der Waals surface area contributed by atoms with Gasteiger partial charge in [-0.25, -0.2) is 0 Å². The van der Waals surface area contributed by atoms with Gasteiger partial charge in [0.1, 0.15) is 0 Å². The van der Waals surface area contributed by atoms with Crippen molar-refractivity contribution in [2.45, 2.75) is 39.3 Å². The van der Waals surface area contributed by atoms with Crippen LogP contribution in [-0.2, 0) is 11.3 Å². The molecule has 0 spiro atoms. The Balaban J connectivity index is 2.42. The molecule has 84 valence electrons. The molecule has 0 aliphatic carbocycles. The van der Waals surface area contributed by atoms with E-state index in [1.807, 2.05) is 19.1 Å². The molecule has 1 unspecified atom stereocenters. The van der Waals surface area contributed by atoms with E-state index < -0.39 is 0 Å². The SMILES string of the molecule is CCC(C)(N)COCc1ccccc1C. The monoisotopic (exact) mass is 207 g/mol. The topological polar surface area (TPSA) is 35.2 Å². The highest BCUT2D eigenvalue weighted by molar-refractivity contribution is 5.24. The summed E-state index contributed by atoms with van der Waals surface area (Å²) in [6.07, 6.45) is 0.931. The fourth-order valence-corrected chi connectivity index (χ4v) is 1.27. The van der Waals surface area contributed by atoms with E-state index in [0.717, 1.165) is 6.42 Å². The molecule has 1 atom stereocenters. The molecule has 2 heteroatoms. The average Bonchev–Trinajstić information content (AvgIpc) is 2.21. The molecular weight excluding hydrogens is 186 g/mol. The molecular formula is C13H21NO. The van der Waals surface area contributed by atoms with Crippen LogP contribution < -0.4 is 5.73 Å². The van der Waals surface area contributed by atoms with Gasteiger partial charge in [-0.1, -0.05) is 31.2 Å². The number of rotatable bonds is 5. The number of nitrogens with two attached hydrogens (primary N) is 1. The van der Waals surface area contributed by atoms with Crippen LogP contribution in [0.3, 0.4) is 0 Å². The number of ether oxygens (including phenoxy) is 1. The van der Waals surface area contributed by atoms with Crippen molar-refractivity contribution in [1.29, 1.82) is 0 Å². The van der Waals surface area contributed by atoms with Gasteiger partial charge in [-0.05, 0) is 31.4 Å². The zero-order chi connectivity index (χ0) is 11.3. The lowest BCUT2D eigenvalue weighted by Gasteiger charge is -2.22. The molecule has 2 N–H and O–H groups in total. The summed E-state index contributed by atoms with van der Waals surface area (Å²) in [6, 6.07) is 8.26. The van der Waals surface area contributed by atoms with E-state index in [-0.39, 0.29) is 5.54 Å². The molecule has 0 fully saturated rings. The van der Waals surface area contributed by atoms with Crippen molar-refractivity contribution < 1.29 is 4.74 Å². The Bertz CT molecular complexity index is 307. The van der Waals surface area contributed by atoms with E-state index in [9.17, 15) is 0 Å². The van der Waals surface area contributed by atoms with Gasteiger partial charge in [0.2, 0.25) is 0 Å². The molecule has 1 rings (SSSR count). The molecule has 0 heterocycles. The van der Waals surface area contributed by atoms with Gasteiger partial charge in [-0.15, -0.1) is 0 Å². The van der Waals surface area contributed by atoms with Crippen molar-refractivity contribution in [1.82, 2.24) is 0 Å². The van der Waals surface area contributed by atoms with E-state index in [1.165, 1.54) is 11.1 Å². The summed E-state index contributed by atoms with van der Waals surface area (Å²) in [4.78, 5) is 0. The highest BCUT2D eigenvalue weighted by Gasteiger charge is 2.15. The van der Waals surface area contributed by atoms with Gasteiger partial charge in [-0.2, -0.15) is 0 Å². The van der Waals surface area contributed by atoms with Crippen LogP contribution >= 0.6 is 0 Å². The Kier molecular flexibility index (Phi) is 4.30. The maximum absolute atomic E-state index is 5.99. The van der Waals surface area contributed by atoms with Gasteiger partial charge in [0.05, 0.1) is 13.2 Å². The number of benzene rings is 1. The lowest BCUT2D eigenvalue weighted by Crippen LogP contribution is -2.40. The van der Waals surface area contributed by atoms with Crippen LogP contribution in [0.5, 0.6) is 0 Å². The van der Waals surface area contributed by atoms with Crippen LogP contribution in [0.4, 0.5) is 0 Å². The molecule has 0 saturated heterocycles. The van der Waals surface area contributed by atoms with E-state index >= 15 is 0 Å². The summed E-state index contributed by atoms with van der Waals surface area (Å²) in [6.45, 7) is 7.46. The van der Waals surface area contributed by atoms with E-state index in [1.54, 1.807) is 0 Å². The summed E-state index contributed by atoms with van der Waals surface area (Å²) >= 11 is 0. The number of hydrogen-bond acceptors (Lipinski definition) is 2. The average molecular weight is 207 g/mol. The van der Waals surface area contributed by atoms with Gasteiger partial charge in [-0.3, -0.25) is 0 Å². The van der Waals surface area contributed by atoms with Crippen LogP contribution in [0.2, 0.25) is 0 Å². The lowest BCUT2D eigenvalue weighted by atomic mass is 10.0. The minimum absolute atomic E-state index is 0.206. The predicted octanol–water partition coefficient (Wildman–Crippen LogP) is 2.64. The standard InChI is InChI=1S/C13H21NO/c1-4-13(3,14)10-15-9-12-8-6-5-7-11(12)2/h5-8H,4,9-10,14H2,1-3H3. The third-order valence-electron chi connectivity index (χ3n) is 2.76. The molecule has 0 amide bonds. The second-order valence-corrected chi connectivity index (χ2v) is 4.43. The highest BCUT2D eigenvalue weighted by atomic mass is 16.5. The normalized spacial score (nSPS) is 14.9. The van der Waals surface area contributed by atoms with Crippen LogP contribution in [0.15, 0.2) is 24.3 Å². The van der Waals surface area contributed by atoms with Gasteiger partial charge in [0, 0.05) is 5.54 Å². The summed E-state index contributed by atoms with van der Waals surface area (Å²) in [5.74, 6) is 0. The molecule has 0 radical (unpaired) electrons. The fraction of sp³-hybridized carbons (Fsp3) is 0.538. The zero-order valence-electron chi connectivity index (χ0n) is 9.92. The maximum atomic E-state index is 5.99. The third-order valence-corrected chi connectivity index (χ3v) is 2.76. The van der Waals surface area contributed by atoms with Crippen LogP contribution in [-0.4, -0.2) is 12.1 Å². The highest BCUT2D eigenvalue weighted by Crippen LogP contribution is 2.11. The smallest absolute Gasteiger partial charge is 0.0720 e. The summed E-state index contributed by atoms with van der Waals surface area (Å²) < 4.78 is 5.63. The summed E-state index contributed by atoms with van der Waals surface area (Å²) in [7, 11) is 0. The first-order valence-electron chi connectivity index (χ1n) is 5.46. The minimum Gasteiger partial charge on any atom is -0.375 e. The summed E-state index contributed by atoms with van der Waals surface area (Å²) in [5.41, 5.74) is 8.30. The molecule has 0 saturated carbocycles. The number of aryl methyl sites for hydroxylation is 1. The van der Waals surface area contributed by atoms with Crippen molar-refractivity contribution in [2.24, 2.45) is 5.73 Å². The van der Waals surface area contributed by atoms with Gasteiger partial charge < -0.3 is 10.5 Å². The van der Waals surface area contributed by atoms with Crippen molar-refractivity contribution in [3.8, 4) is 0 Å². The van der Waals surface area contributed by atoms with Crippen molar-refractivity contribution in [2.75, 3.05) is 6.61 Å². The van der Waals surface area contributed by atoms with E-state index in [0.29, 0.717) is 13.2 Å². The number of hydrogen-bond donors (Lipinski definition) is 1. The molecule has 0 aliphatic heterocycles. The van der Waals surface area contributed by atoms with Crippen LogP contribution in [0.1, 0.15) is 31.4 Å². The molecule has 0 bridgehead atoms. The molecule has 1 aromatic carbocycles. The summed E-state index contributed by atoms with van der Waals surface area (Å²) in [5, 5.41) is 0. The molecule has 0 aliphatic rings. The lowest BCUT2D eigenvalue weighted by molar-refractivity contribution is 0.0774.